The first-order valence-corrected chi connectivity index (χ1v) is 6.63. The molecule has 20 heavy (non-hydrogen) atoms. The minimum absolute atomic E-state index is 0.306. The molecule has 0 amide bonds. The number of methoxy groups -OCH3 is 2. The van der Waals surface area contributed by atoms with Crippen molar-refractivity contribution in [2.24, 2.45) is 0 Å². The number of hydrogen-bond acceptors (Lipinski definition) is 6. The van der Waals surface area contributed by atoms with Crippen LogP contribution in [0.2, 0.25) is 0 Å². The molecule has 0 unspecified atom stereocenters. The average Bonchev–Trinajstić information content (AvgIpc) is 2.49. The second-order valence-corrected chi connectivity index (χ2v) is 4.16. The zero-order chi connectivity index (χ0) is 14.6. The summed E-state index contributed by atoms with van der Waals surface area (Å²) in [6, 6.07) is 3.50. The van der Waals surface area contributed by atoms with Gasteiger partial charge in [-0.25, -0.2) is 9.78 Å². The molecule has 6 heteroatoms. The second kappa shape index (κ2) is 10.2. The molecule has 0 saturated heterocycles. The number of ether oxygens (including phenoxy) is 3. The SMILES string of the molecule is COCCOCCCCNc1ccnc(C(=O)OC)c1. The molecule has 1 aromatic heterocycles. The summed E-state index contributed by atoms with van der Waals surface area (Å²) in [6.45, 7) is 2.81. The van der Waals surface area contributed by atoms with Crippen LogP contribution in [0, 0.1) is 0 Å². The van der Waals surface area contributed by atoms with Gasteiger partial charge in [0.2, 0.25) is 0 Å². The van der Waals surface area contributed by atoms with Gasteiger partial charge in [0.25, 0.3) is 0 Å². The van der Waals surface area contributed by atoms with E-state index in [-0.39, 0.29) is 0 Å². The first-order valence-electron chi connectivity index (χ1n) is 6.63. The van der Waals surface area contributed by atoms with Crippen molar-refractivity contribution < 1.29 is 19.0 Å². The van der Waals surface area contributed by atoms with Gasteiger partial charge in [0.15, 0.2) is 0 Å². The molecular weight excluding hydrogens is 260 g/mol. The standard InChI is InChI=1S/C14H22N2O4/c1-18-9-10-20-8-4-3-6-15-12-5-7-16-13(11-12)14(17)19-2/h5,7,11H,3-4,6,8-10H2,1-2H3,(H,15,16). The lowest BCUT2D eigenvalue weighted by Gasteiger charge is -2.07. The maximum atomic E-state index is 11.3. The van der Waals surface area contributed by atoms with Crippen LogP contribution in [0.3, 0.4) is 0 Å². The fraction of sp³-hybridized carbons (Fsp3) is 0.571. The van der Waals surface area contributed by atoms with Crippen molar-refractivity contribution in [1.29, 1.82) is 0 Å². The molecule has 0 radical (unpaired) electrons. The molecule has 0 aliphatic rings. The van der Waals surface area contributed by atoms with E-state index in [2.05, 4.69) is 15.0 Å². The third kappa shape index (κ3) is 6.49. The Morgan fingerprint density at radius 3 is 2.85 bits per heavy atom. The van der Waals surface area contributed by atoms with Crippen LogP contribution in [0.15, 0.2) is 18.3 Å². The molecule has 1 rings (SSSR count). The maximum absolute atomic E-state index is 11.3. The number of nitrogens with zero attached hydrogens (tertiary/aromatic N) is 1. The smallest absolute Gasteiger partial charge is 0.356 e. The van der Waals surface area contributed by atoms with Crippen molar-refractivity contribution >= 4 is 11.7 Å². The highest BCUT2D eigenvalue weighted by atomic mass is 16.5. The van der Waals surface area contributed by atoms with E-state index in [9.17, 15) is 4.79 Å². The third-order valence-corrected chi connectivity index (χ3v) is 2.63. The van der Waals surface area contributed by atoms with Crippen LogP contribution in [-0.2, 0) is 14.2 Å². The van der Waals surface area contributed by atoms with Crippen molar-refractivity contribution in [2.75, 3.05) is 45.9 Å². The van der Waals surface area contributed by atoms with Crippen LogP contribution in [0.25, 0.3) is 0 Å². The molecule has 0 atom stereocenters. The number of rotatable bonds is 10. The van der Waals surface area contributed by atoms with Crippen LogP contribution < -0.4 is 5.32 Å². The zero-order valence-corrected chi connectivity index (χ0v) is 12.1. The molecule has 0 bridgehead atoms. The number of pyridine rings is 1. The van der Waals surface area contributed by atoms with Gasteiger partial charge in [-0.1, -0.05) is 0 Å². The molecule has 6 nitrogen and oxygen atoms in total. The minimum atomic E-state index is -0.430. The van der Waals surface area contributed by atoms with E-state index in [1.165, 1.54) is 7.11 Å². The maximum Gasteiger partial charge on any atom is 0.356 e. The molecule has 1 N–H and O–H groups in total. The molecule has 0 saturated carbocycles. The number of unbranched alkanes of at least 4 members (excludes halogenated alkanes) is 1. The Morgan fingerprint density at radius 1 is 1.25 bits per heavy atom. The fourth-order valence-electron chi connectivity index (χ4n) is 1.56. The van der Waals surface area contributed by atoms with E-state index >= 15 is 0 Å². The summed E-state index contributed by atoms with van der Waals surface area (Å²) < 4.78 is 14.9. The van der Waals surface area contributed by atoms with E-state index in [1.54, 1.807) is 19.4 Å². The highest BCUT2D eigenvalue weighted by Gasteiger charge is 2.06. The summed E-state index contributed by atoms with van der Waals surface area (Å²) >= 11 is 0. The van der Waals surface area contributed by atoms with Gasteiger partial charge in [-0.15, -0.1) is 0 Å². The molecule has 0 spiro atoms. The Morgan fingerprint density at radius 2 is 2.10 bits per heavy atom. The number of carbonyl (C=O) groups is 1. The number of carbonyl (C=O) groups excluding carboxylic acids is 1. The molecule has 1 heterocycles. The Kier molecular flexibility index (Phi) is 8.33. The predicted octanol–water partition coefficient (Wildman–Crippen LogP) is 1.72. The summed E-state index contributed by atoms with van der Waals surface area (Å²) in [7, 11) is 3.00. The van der Waals surface area contributed by atoms with E-state index in [4.69, 9.17) is 9.47 Å². The Hall–Kier alpha value is -1.66. The second-order valence-electron chi connectivity index (χ2n) is 4.16. The van der Waals surface area contributed by atoms with Crippen molar-refractivity contribution in [1.82, 2.24) is 4.98 Å². The lowest BCUT2D eigenvalue weighted by atomic mass is 10.3. The quantitative estimate of drug-likeness (QED) is 0.520. The molecule has 0 fully saturated rings. The molecule has 112 valence electrons. The van der Waals surface area contributed by atoms with Gasteiger partial charge in [-0.05, 0) is 25.0 Å². The van der Waals surface area contributed by atoms with Gasteiger partial charge in [0.1, 0.15) is 5.69 Å². The van der Waals surface area contributed by atoms with Gasteiger partial charge in [0, 0.05) is 32.1 Å². The Labute approximate surface area is 119 Å². The molecule has 1 aromatic rings. The summed E-state index contributed by atoms with van der Waals surface area (Å²) in [5.41, 5.74) is 1.17. The monoisotopic (exact) mass is 282 g/mol. The molecular formula is C14H22N2O4. The number of aromatic nitrogens is 1. The first-order chi connectivity index (χ1) is 9.77. The summed E-state index contributed by atoms with van der Waals surface area (Å²) in [4.78, 5) is 15.3. The van der Waals surface area contributed by atoms with Gasteiger partial charge in [-0.3, -0.25) is 0 Å². The third-order valence-electron chi connectivity index (χ3n) is 2.63. The van der Waals surface area contributed by atoms with Gasteiger partial charge in [-0.2, -0.15) is 0 Å². The Balaban J connectivity index is 2.17. The van der Waals surface area contributed by atoms with Gasteiger partial charge in [0.05, 0.1) is 20.3 Å². The van der Waals surface area contributed by atoms with Crippen LogP contribution in [-0.4, -0.2) is 51.5 Å². The minimum Gasteiger partial charge on any atom is -0.464 e. The van der Waals surface area contributed by atoms with E-state index in [0.717, 1.165) is 31.7 Å². The topological polar surface area (TPSA) is 69.7 Å². The van der Waals surface area contributed by atoms with Crippen molar-refractivity contribution in [3.05, 3.63) is 24.0 Å². The normalized spacial score (nSPS) is 10.3. The van der Waals surface area contributed by atoms with Crippen molar-refractivity contribution in [3.8, 4) is 0 Å². The largest absolute Gasteiger partial charge is 0.464 e. The lowest BCUT2D eigenvalue weighted by molar-refractivity contribution is 0.0594. The highest BCUT2D eigenvalue weighted by molar-refractivity contribution is 5.88. The fourth-order valence-corrected chi connectivity index (χ4v) is 1.56. The van der Waals surface area contributed by atoms with Crippen LogP contribution >= 0.6 is 0 Å². The first kappa shape index (κ1) is 16.4. The molecule has 0 aliphatic heterocycles. The molecule has 0 aliphatic carbocycles. The number of anilines is 1. The van der Waals surface area contributed by atoms with Crippen molar-refractivity contribution in [2.45, 2.75) is 12.8 Å². The Bertz CT molecular complexity index is 399. The van der Waals surface area contributed by atoms with E-state index in [1.807, 2.05) is 6.07 Å². The average molecular weight is 282 g/mol. The van der Waals surface area contributed by atoms with Gasteiger partial charge >= 0.3 is 5.97 Å². The van der Waals surface area contributed by atoms with E-state index in [0.29, 0.717) is 18.9 Å². The number of hydrogen-bond donors (Lipinski definition) is 1. The predicted molar refractivity (Wildman–Crippen MR) is 76.0 cm³/mol. The lowest BCUT2D eigenvalue weighted by Crippen LogP contribution is -2.08. The summed E-state index contributed by atoms with van der Waals surface area (Å²) in [5.74, 6) is -0.430. The van der Waals surface area contributed by atoms with Crippen LogP contribution in [0.5, 0.6) is 0 Å². The molecule has 0 aromatic carbocycles. The summed E-state index contributed by atoms with van der Waals surface area (Å²) in [6.07, 6.45) is 3.55. The number of nitrogens with one attached hydrogen (secondary N) is 1. The zero-order valence-electron chi connectivity index (χ0n) is 12.1. The van der Waals surface area contributed by atoms with Crippen LogP contribution in [0.4, 0.5) is 5.69 Å². The van der Waals surface area contributed by atoms with Crippen molar-refractivity contribution in [3.63, 3.8) is 0 Å². The summed E-state index contributed by atoms with van der Waals surface area (Å²) in [5, 5.41) is 3.24. The van der Waals surface area contributed by atoms with Crippen LogP contribution in [0.1, 0.15) is 23.3 Å². The number of esters is 1. The van der Waals surface area contributed by atoms with E-state index < -0.39 is 5.97 Å². The highest BCUT2D eigenvalue weighted by Crippen LogP contribution is 2.09. The van der Waals surface area contributed by atoms with Gasteiger partial charge < -0.3 is 19.5 Å².